The SMILES string of the molecule is COc1cccc(CN2C[C@@H]3C[C@@H](C(=O)NC(C)C)[C@H](C2)O3)c1. The zero-order valence-electron chi connectivity index (χ0n) is 14.1. The summed E-state index contributed by atoms with van der Waals surface area (Å²) in [6.45, 7) is 6.55. The second-order valence-corrected chi connectivity index (χ2v) is 6.85. The Hall–Kier alpha value is -1.59. The van der Waals surface area contributed by atoms with Gasteiger partial charge >= 0.3 is 0 Å². The molecule has 2 saturated heterocycles. The second kappa shape index (κ2) is 6.89. The maximum Gasteiger partial charge on any atom is 0.226 e. The molecular weight excluding hydrogens is 292 g/mol. The highest BCUT2D eigenvalue weighted by Gasteiger charge is 2.44. The van der Waals surface area contributed by atoms with Gasteiger partial charge in [-0.25, -0.2) is 0 Å². The molecule has 3 rings (SSSR count). The van der Waals surface area contributed by atoms with Crippen LogP contribution in [0.5, 0.6) is 5.75 Å². The van der Waals surface area contributed by atoms with Crippen LogP contribution >= 0.6 is 0 Å². The van der Waals surface area contributed by atoms with Gasteiger partial charge in [0.1, 0.15) is 5.75 Å². The van der Waals surface area contributed by atoms with Gasteiger partial charge in [-0.3, -0.25) is 9.69 Å². The summed E-state index contributed by atoms with van der Waals surface area (Å²) >= 11 is 0. The first kappa shape index (κ1) is 16.3. The zero-order valence-corrected chi connectivity index (χ0v) is 14.1. The van der Waals surface area contributed by atoms with Crippen molar-refractivity contribution in [2.45, 2.75) is 45.1 Å². The summed E-state index contributed by atoms with van der Waals surface area (Å²) in [5.41, 5.74) is 1.23. The minimum atomic E-state index is -0.0160. The van der Waals surface area contributed by atoms with Crippen LogP contribution in [0.4, 0.5) is 0 Å². The Morgan fingerprint density at radius 2 is 2.26 bits per heavy atom. The molecule has 2 fully saturated rings. The molecule has 2 aliphatic rings. The summed E-state index contributed by atoms with van der Waals surface area (Å²) in [4.78, 5) is 14.7. The van der Waals surface area contributed by atoms with E-state index in [1.54, 1.807) is 7.11 Å². The summed E-state index contributed by atoms with van der Waals surface area (Å²) in [7, 11) is 1.69. The van der Waals surface area contributed by atoms with E-state index < -0.39 is 0 Å². The van der Waals surface area contributed by atoms with Gasteiger partial charge in [0.15, 0.2) is 0 Å². The average Bonchev–Trinajstić information content (AvgIpc) is 2.81. The van der Waals surface area contributed by atoms with Gasteiger partial charge in [0.2, 0.25) is 5.91 Å². The number of likely N-dealkylation sites (tertiary alicyclic amines) is 1. The number of ether oxygens (including phenoxy) is 2. The second-order valence-electron chi connectivity index (χ2n) is 6.85. The molecule has 1 aromatic rings. The van der Waals surface area contributed by atoms with Gasteiger partial charge in [-0.15, -0.1) is 0 Å². The number of fused-ring (bicyclic) bond motifs is 2. The van der Waals surface area contributed by atoms with Crippen LogP contribution in [0.1, 0.15) is 25.8 Å². The van der Waals surface area contributed by atoms with Crippen LogP contribution in [0.25, 0.3) is 0 Å². The van der Waals surface area contributed by atoms with Gasteiger partial charge in [0.05, 0.1) is 25.2 Å². The fourth-order valence-electron chi connectivity index (χ4n) is 3.56. The molecular formula is C18H26N2O3. The number of carbonyl (C=O) groups is 1. The predicted octanol–water partition coefficient (Wildman–Crippen LogP) is 1.81. The van der Waals surface area contributed by atoms with Crippen molar-refractivity contribution in [2.75, 3.05) is 20.2 Å². The minimum Gasteiger partial charge on any atom is -0.497 e. The topological polar surface area (TPSA) is 50.8 Å². The van der Waals surface area contributed by atoms with Gasteiger partial charge in [0.25, 0.3) is 0 Å². The molecule has 23 heavy (non-hydrogen) atoms. The number of carbonyl (C=O) groups excluding carboxylic acids is 1. The molecule has 1 amide bonds. The molecule has 1 aromatic carbocycles. The van der Waals surface area contributed by atoms with Crippen molar-refractivity contribution >= 4 is 5.91 Å². The van der Waals surface area contributed by atoms with Crippen molar-refractivity contribution in [3.8, 4) is 5.75 Å². The summed E-state index contributed by atoms with van der Waals surface area (Å²) in [6, 6.07) is 8.33. The van der Waals surface area contributed by atoms with E-state index in [-0.39, 0.29) is 30.1 Å². The van der Waals surface area contributed by atoms with Crippen LogP contribution in [0.15, 0.2) is 24.3 Å². The first-order valence-electron chi connectivity index (χ1n) is 8.36. The summed E-state index contributed by atoms with van der Waals surface area (Å²) in [5, 5.41) is 3.02. The number of morpholine rings is 1. The smallest absolute Gasteiger partial charge is 0.226 e. The van der Waals surface area contributed by atoms with E-state index in [0.717, 1.165) is 31.8 Å². The van der Waals surface area contributed by atoms with Gasteiger partial charge in [-0.1, -0.05) is 12.1 Å². The number of benzene rings is 1. The van der Waals surface area contributed by atoms with Crippen LogP contribution < -0.4 is 10.1 Å². The molecule has 2 aliphatic heterocycles. The van der Waals surface area contributed by atoms with Crippen molar-refractivity contribution < 1.29 is 14.3 Å². The Balaban J connectivity index is 1.62. The Morgan fingerprint density at radius 1 is 1.43 bits per heavy atom. The van der Waals surface area contributed by atoms with E-state index >= 15 is 0 Å². The van der Waals surface area contributed by atoms with Crippen molar-refractivity contribution in [3.05, 3.63) is 29.8 Å². The Bertz CT molecular complexity index is 561. The number of hydrogen-bond donors (Lipinski definition) is 1. The number of amides is 1. The third-order valence-electron chi connectivity index (χ3n) is 4.54. The molecule has 0 aromatic heterocycles. The third-order valence-corrected chi connectivity index (χ3v) is 4.54. The molecule has 0 saturated carbocycles. The number of nitrogens with zero attached hydrogens (tertiary/aromatic N) is 1. The van der Waals surface area contributed by atoms with E-state index in [9.17, 15) is 4.79 Å². The lowest BCUT2D eigenvalue weighted by molar-refractivity contribution is -0.128. The van der Waals surface area contributed by atoms with E-state index in [0.29, 0.717) is 0 Å². The molecule has 5 heteroatoms. The average molecular weight is 318 g/mol. The maximum absolute atomic E-state index is 12.3. The predicted molar refractivity (Wildman–Crippen MR) is 88.3 cm³/mol. The molecule has 1 N–H and O–H groups in total. The van der Waals surface area contributed by atoms with Crippen LogP contribution in [-0.4, -0.2) is 49.3 Å². The van der Waals surface area contributed by atoms with Crippen molar-refractivity contribution in [1.82, 2.24) is 10.2 Å². The lowest BCUT2D eigenvalue weighted by Gasteiger charge is -2.32. The lowest BCUT2D eigenvalue weighted by Crippen LogP contribution is -2.45. The molecule has 0 unspecified atom stereocenters. The lowest BCUT2D eigenvalue weighted by atomic mass is 9.99. The molecule has 0 spiro atoms. The monoisotopic (exact) mass is 318 g/mol. The maximum atomic E-state index is 12.3. The first-order valence-corrected chi connectivity index (χ1v) is 8.36. The highest BCUT2D eigenvalue weighted by molar-refractivity contribution is 5.80. The zero-order chi connectivity index (χ0) is 16.4. The van der Waals surface area contributed by atoms with E-state index in [1.807, 2.05) is 26.0 Å². The molecule has 2 bridgehead atoms. The fraction of sp³-hybridized carbons (Fsp3) is 0.611. The third kappa shape index (κ3) is 3.85. The largest absolute Gasteiger partial charge is 0.497 e. The standard InChI is InChI=1S/C18H26N2O3/c1-12(2)19-18(21)16-8-15-10-20(11-17(16)23-15)9-13-5-4-6-14(7-13)22-3/h4-7,12,15-17H,8-11H2,1-3H3,(H,19,21)/t15-,16+,17-/m0/s1. The highest BCUT2D eigenvalue weighted by Crippen LogP contribution is 2.33. The van der Waals surface area contributed by atoms with Crippen LogP contribution in [-0.2, 0) is 16.1 Å². The summed E-state index contributed by atoms with van der Waals surface area (Å²) in [6.07, 6.45) is 1.01. The van der Waals surface area contributed by atoms with Gasteiger partial charge in [-0.2, -0.15) is 0 Å². The normalized spacial score (nSPS) is 27.2. The van der Waals surface area contributed by atoms with Gasteiger partial charge < -0.3 is 14.8 Å². The Kier molecular flexibility index (Phi) is 4.87. The van der Waals surface area contributed by atoms with Crippen LogP contribution in [0.3, 0.4) is 0 Å². The van der Waals surface area contributed by atoms with Crippen LogP contribution in [0.2, 0.25) is 0 Å². The molecule has 0 aliphatic carbocycles. The molecule has 5 nitrogen and oxygen atoms in total. The first-order chi connectivity index (χ1) is 11.0. The number of rotatable bonds is 5. The van der Waals surface area contributed by atoms with Gasteiger partial charge in [0, 0.05) is 25.7 Å². The molecule has 2 heterocycles. The summed E-state index contributed by atoms with van der Waals surface area (Å²) in [5.74, 6) is 1.00. The van der Waals surface area contributed by atoms with E-state index in [4.69, 9.17) is 9.47 Å². The number of nitrogens with one attached hydrogen (secondary N) is 1. The number of methoxy groups -OCH3 is 1. The van der Waals surface area contributed by atoms with E-state index in [2.05, 4.69) is 22.3 Å². The van der Waals surface area contributed by atoms with Crippen LogP contribution in [0, 0.1) is 5.92 Å². The quantitative estimate of drug-likeness (QED) is 0.899. The number of hydrogen-bond acceptors (Lipinski definition) is 4. The summed E-state index contributed by atoms with van der Waals surface area (Å²) < 4.78 is 11.3. The Labute approximate surface area is 137 Å². The molecule has 3 atom stereocenters. The van der Waals surface area contributed by atoms with Gasteiger partial charge in [-0.05, 0) is 38.0 Å². The van der Waals surface area contributed by atoms with Crippen molar-refractivity contribution in [3.63, 3.8) is 0 Å². The van der Waals surface area contributed by atoms with Crippen molar-refractivity contribution in [2.24, 2.45) is 5.92 Å². The van der Waals surface area contributed by atoms with E-state index in [1.165, 1.54) is 5.56 Å². The highest BCUT2D eigenvalue weighted by atomic mass is 16.5. The fourth-order valence-corrected chi connectivity index (χ4v) is 3.56. The molecule has 126 valence electrons. The Morgan fingerprint density at radius 3 is 3.00 bits per heavy atom. The molecule has 0 radical (unpaired) electrons. The van der Waals surface area contributed by atoms with Crippen molar-refractivity contribution in [1.29, 1.82) is 0 Å². The minimum absolute atomic E-state index is 0.0121.